The Morgan fingerprint density at radius 2 is 2.15 bits per heavy atom. The van der Waals surface area contributed by atoms with Crippen LogP contribution in [0, 0.1) is 0 Å². The largest absolute Gasteiger partial charge is 0.308 e. The second kappa shape index (κ2) is 7.55. The van der Waals surface area contributed by atoms with Crippen LogP contribution in [-0.4, -0.2) is 56.1 Å². The lowest BCUT2D eigenvalue weighted by molar-refractivity contribution is 0.111. The van der Waals surface area contributed by atoms with Crippen LogP contribution in [0.5, 0.6) is 0 Å². The highest BCUT2D eigenvalue weighted by Crippen LogP contribution is 2.21. The lowest BCUT2D eigenvalue weighted by Gasteiger charge is -2.38. The third-order valence-corrected chi connectivity index (χ3v) is 4.73. The molecule has 112 valence electrons. The summed E-state index contributed by atoms with van der Waals surface area (Å²) in [6, 6.07) is 9.67. The fourth-order valence-corrected chi connectivity index (χ4v) is 3.24. The summed E-state index contributed by atoms with van der Waals surface area (Å²) in [6.07, 6.45) is 1.11. The van der Waals surface area contributed by atoms with Crippen molar-refractivity contribution in [2.45, 2.75) is 25.4 Å². The highest BCUT2D eigenvalue weighted by molar-refractivity contribution is 9.10. The Morgan fingerprint density at radius 1 is 1.35 bits per heavy atom. The molecule has 2 unspecified atom stereocenters. The highest BCUT2D eigenvalue weighted by atomic mass is 79.9. The molecule has 2 rings (SSSR count). The van der Waals surface area contributed by atoms with E-state index in [9.17, 15) is 0 Å². The third kappa shape index (κ3) is 4.29. The molecular weight excluding hydrogens is 314 g/mol. The molecule has 1 fully saturated rings. The van der Waals surface area contributed by atoms with E-state index < -0.39 is 0 Å². The average molecular weight is 340 g/mol. The first-order chi connectivity index (χ1) is 9.60. The monoisotopic (exact) mass is 339 g/mol. The molecule has 1 aromatic carbocycles. The van der Waals surface area contributed by atoms with Crippen LogP contribution in [0.15, 0.2) is 28.7 Å². The Bertz CT molecular complexity index is 424. The van der Waals surface area contributed by atoms with E-state index >= 15 is 0 Å². The molecule has 2 atom stereocenters. The molecule has 1 heterocycles. The van der Waals surface area contributed by atoms with Gasteiger partial charge >= 0.3 is 0 Å². The van der Waals surface area contributed by atoms with Crippen LogP contribution >= 0.6 is 15.9 Å². The predicted molar refractivity (Wildman–Crippen MR) is 89.1 cm³/mol. The summed E-state index contributed by atoms with van der Waals surface area (Å²) < 4.78 is 1.16. The molecule has 0 bridgehead atoms. The van der Waals surface area contributed by atoms with E-state index in [4.69, 9.17) is 0 Å². The zero-order valence-corrected chi connectivity index (χ0v) is 14.4. The normalized spacial score (nSPS) is 22.9. The standard InChI is InChI=1S/C16H26BrN3/c1-4-16(13-6-5-7-14(17)10-13)18-11-15-12-19(2)8-9-20(15)3/h5-7,10,15-16,18H,4,8-9,11-12H2,1-3H3. The van der Waals surface area contributed by atoms with Crippen molar-refractivity contribution in [3.63, 3.8) is 0 Å². The van der Waals surface area contributed by atoms with Crippen molar-refractivity contribution in [1.29, 1.82) is 0 Å². The van der Waals surface area contributed by atoms with Gasteiger partial charge in [-0.3, -0.25) is 4.90 Å². The Balaban J connectivity index is 1.93. The van der Waals surface area contributed by atoms with Gasteiger partial charge in [0, 0.05) is 42.7 Å². The number of hydrogen-bond donors (Lipinski definition) is 1. The predicted octanol–water partition coefficient (Wildman–Crippen LogP) is 2.74. The molecular formula is C16H26BrN3. The van der Waals surface area contributed by atoms with E-state index in [-0.39, 0.29) is 0 Å². The van der Waals surface area contributed by atoms with E-state index in [1.807, 2.05) is 0 Å². The summed E-state index contributed by atoms with van der Waals surface area (Å²) in [5.41, 5.74) is 1.37. The van der Waals surface area contributed by atoms with Gasteiger partial charge in [-0.05, 0) is 38.2 Å². The van der Waals surface area contributed by atoms with Crippen molar-refractivity contribution in [2.75, 3.05) is 40.3 Å². The van der Waals surface area contributed by atoms with Crippen LogP contribution in [0.25, 0.3) is 0 Å². The molecule has 1 aliphatic heterocycles. The number of nitrogens with zero attached hydrogens (tertiary/aromatic N) is 2. The summed E-state index contributed by atoms with van der Waals surface area (Å²) in [7, 11) is 4.45. The topological polar surface area (TPSA) is 18.5 Å². The van der Waals surface area contributed by atoms with Gasteiger partial charge in [-0.2, -0.15) is 0 Å². The van der Waals surface area contributed by atoms with Gasteiger partial charge in [-0.15, -0.1) is 0 Å². The lowest BCUT2D eigenvalue weighted by atomic mass is 10.0. The molecule has 1 aliphatic rings. The summed E-state index contributed by atoms with van der Waals surface area (Å²) in [5.74, 6) is 0. The van der Waals surface area contributed by atoms with Crippen molar-refractivity contribution >= 4 is 15.9 Å². The van der Waals surface area contributed by atoms with Gasteiger partial charge in [0.1, 0.15) is 0 Å². The van der Waals surface area contributed by atoms with Gasteiger partial charge in [0.05, 0.1) is 0 Å². The first kappa shape index (κ1) is 16.0. The zero-order chi connectivity index (χ0) is 14.5. The van der Waals surface area contributed by atoms with E-state index in [1.165, 1.54) is 12.1 Å². The maximum atomic E-state index is 3.74. The SMILES string of the molecule is CCC(NCC1CN(C)CCN1C)c1cccc(Br)c1. The number of benzene rings is 1. The molecule has 1 aromatic rings. The number of hydrogen-bond acceptors (Lipinski definition) is 3. The molecule has 0 radical (unpaired) electrons. The molecule has 0 spiro atoms. The van der Waals surface area contributed by atoms with Gasteiger partial charge in [-0.1, -0.05) is 35.0 Å². The van der Waals surface area contributed by atoms with Gasteiger partial charge in [0.15, 0.2) is 0 Å². The summed E-state index contributed by atoms with van der Waals surface area (Å²) in [5, 5.41) is 3.74. The van der Waals surface area contributed by atoms with Gasteiger partial charge < -0.3 is 10.2 Å². The van der Waals surface area contributed by atoms with Crippen molar-refractivity contribution in [3.05, 3.63) is 34.3 Å². The van der Waals surface area contributed by atoms with E-state index in [1.54, 1.807) is 0 Å². The van der Waals surface area contributed by atoms with Crippen LogP contribution in [0.2, 0.25) is 0 Å². The van der Waals surface area contributed by atoms with Crippen LogP contribution in [-0.2, 0) is 0 Å². The van der Waals surface area contributed by atoms with Crippen molar-refractivity contribution in [3.8, 4) is 0 Å². The summed E-state index contributed by atoms with van der Waals surface area (Å²) in [6.45, 7) is 6.78. The Morgan fingerprint density at radius 3 is 2.85 bits per heavy atom. The first-order valence-corrected chi connectivity index (χ1v) is 8.27. The summed E-state index contributed by atoms with van der Waals surface area (Å²) >= 11 is 3.56. The number of likely N-dealkylation sites (N-methyl/N-ethyl adjacent to an activating group) is 2. The Labute approximate surface area is 131 Å². The Hall–Kier alpha value is -0.420. The lowest BCUT2D eigenvalue weighted by Crippen LogP contribution is -2.54. The van der Waals surface area contributed by atoms with Crippen LogP contribution in [0.3, 0.4) is 0 Å². The molecule has 4 heteroatoms. The van der Waals surface area contributed by atoms with Gasteiger partial charge in [0.2, 0.25) is 0 Å². The van der Waals surface area contributed by atoms with Crippen LogP contribution in [0.1, 0.15) is 24.9 Å². The summed E-state index contributed by atoms with van der Waals surface area (Å²) in [4.78, 5) is 4.90. The third-order valence-electron chi connectivity index (χ3n) is 4.24. The molecule has 0 saturated carbocycles. The molecule has 1 N–H and O–H groups in total. The van der Waals surface area contributed by atoms with E-state index in [0.717, 1.165) is 30.5 Å². The Kier molecular flexibility index (Phi) is 6.02. The van der Waals surface area contributed by atoms with Crippen LogP contribution < -0.4 is 5.32 Å². The van der Waals surface area contributed by atoms with Gasteiger partial charge in [0.25, 0.3) is 0 Å². The highest BCUT2D eigenvalue weighted by Gasteiger charge is 2.22. The molecule has 20 heavy (non-hydrogen) atoms. The fraction of sp³-hybridized carbons (Fsp3) is 0.625. The van der Waals surface area contributed by atoms with Crippen molar-refractivity contribution in [1.82, 2.24) is 15.1 Å². The number of nitrogens with one attached hydrogen (secondary N) is 1. The van der Waals surface area contributed by atoms with E-state index in [0.29, 0.717) is 12.1 Å². The fourth-order valence-electron chi connectivity index (χ4n) is 2.82. The minimum absolute atomic E-state index is 0.438. The van der Waals surface area contributed by atoms with Gasteiger partial charge in [-0.25, -0.2) is 0 Å². The number of piperazine rings is 1. The maximum Gasteiger partial charge on any atom is 0.0345 e. The minimum atomic E-state index is 0.438. The number of halogens is 1. The molecule has 3 nitrogen and oxygen atoms in total. The van der Waals surface area contributed by atoms with E-state index in [2.05, 4.69) is 76.3 Å². The second-order valence-corrected chi connectivity index (χ2v) is 6.74. The van der Waals surface area contributed by atoms with Crippen LogP contribution in [0.4, 0.5) is 0 Å². The zero-order valence-electron chi connectivity index (χ0n) is 12.8. The van der Waals surface area contributed by atoms with Crippen molar-refractivity contribution in [2.24, 2.45) is 0 Å². The maximum absolute atomic E-state index is 3.74. The molecule has 0 amide bonds. The second-order valence-electron chi connectivity index (χ2n) is 5.82. The smallest absolute Gasteiger partial charge is 0.0345 e. The minimum Gasteiger partial charge on any atom is -0.308 e. The quantitative estimate of drug-likeness (QED) is 0.889. The molecule has 0 aromatic heterocycles. The van der Waals surface area contributed by atoms with Crippen molar-refractivity contribution < 1.29 is 0 Å². The number of rotatable bonds is 5. The average Bonchev–Trinajstić information content (AvgIpc) is 2.43. The molecule has 1 saturated heterocycles. The molecule has 0 aliphatic carbocycles. The first-order valence-electron chi connectivity index (χ1n) is 7.47.